The molecule has 0 N–H and O–H groups in total. The number of hydrogen-bond donors (Lipinski definition) is 0. The minimum atomic E-state index is 1.16. The minimum Gasteiger partial charge on any atom is -0.345 e. The third kappa shape index (κ3) is 20.7. The van der Waals surface area contributed by atoms with E-state index in [0.29, 0.717) is 0 Å². The lowest BCUT2D eigenvalue weighted by atomic mass is 9.94. The Morgan fingerprint density at radius 1 is 0.102 bits per heavy atom. The second-order valence-electron chi connectivity index (χ2n) is 31.8. The van der Waals surface area contributed by atoms with Crippen LogP contribution in [0.15, 0.2) is 534 Å². The van der Waals surface area contributed by atoms with Crippen molar-refractivity contribution < 1.29 is 0 Å². The highest BCUT2D eigenvalue weighted by atomic mass is 15.1. The van der Waals surface area contributed by atoms with E-state index in [0.717, 1.165) is 17.1 Å². The quantitative estimate of drug-likeness (QED) is 0.0754. The molecule has 4 heteroatoms. The van der Waals surface area contributed by atoms with Crippen LogP contribution in [-0.4, -0.2) is 28.2 Å². The Morgan fingerprint density at radius 3 is 0.594 bits per heavy atom. The summed E-state index contributed by atoms with van der Waals surface area (Å²) in [5.41, 5.74) is 38.9. The predicted molar refractivity (Wildman–Crippen MR) is 549 cm³/mol. The van der Waals surface area contributed by atoms with Gasteiger partial charge in [-0.15, -0.1) is 0 Å². The fourth-order valence-electron chi connectivity index (χ4n) is 16.4. The van der Waals surface area contributed by atoms with Crippen LogP contribution in [0, 0.1) is 0 Å². The van der Waals surface area contributed by atoms with E-state index < -0.39 is 0 Å². The maximum absolute atomic E-state index is 2.27. The summed E-state index contributed by atoms with van der Waals surface area (Å²) < 4.78 is 0. The minimum absolute atomic E-state index is 1.16. The largest absolute Gasteiger partial charge is 0.345 e. The highest BCUT2D eigenvalue weighted by Crippen LogP contribution is 2.41. The zero-order valence-corrected chi connectivity index (χ0v) is 72.6. The first-order valence-electron chi connectivity index (χ1n) is 43.7. The molecule has 0 saturated carbocycles. The van der Waals surface area contributed by atoms with E-state index >= 15 is 0 Å². The van der Waals surface area contributed by atoms with Crippen molar-refractivity contribution in [2.75, 3.05) is 47.8 Å². The van der Waals surface area contributed by atoms with Crippen LogP contribution in [0.5, 0.6) is 0 Å². The summed E-state index contributed by atoms with van der Waals surface area (Å²) in [4.78, 5) is 8.97. The summed E-state index contributed by atoms with van der Waals surface area (Å²) in [6.45, 7) is 0. The van der Waals surface area contributed by atoms with Gasteiger partial charge < -0.3 is 19.6 Å². The fraction of sp³-hybridized carbons (Fsp3) is 0.0323. The molecule has 0 aliphatic heterocycles. The zero-order chi connectivity index (χ0) is 87.0. The van der Waals surface area contributed by atoms with E-state index in [-0.39, 0.29) is 0 Å². The van der Waals surface area contributed by atoms with Crippen molar-refractivity contribution in [1.29, 1.82) is 0 Å². The molecule has 0 fully saturated rings. The zero-order valence-electron chi connectivity index (χ0n) is 72.6. The molecule has 0 amide bonds. The SMILES string of the molecule is CN(c1ccc(-c2ccccc2)cc1)c1cccc(-c2ccc(-c3ccccc3)cc2)c1.CN(c1ccc(-c2ccccc2)cc1)c1cccc(-c2cccc(-c3ccccc3)c2)c1.CN(c1ccc(-c2ccccc2)cc1)c1cccc(-c2ccccc2-c2ccccc2)c1.CN(c1ccc(-c2ccccc2)cc1)c1ccccc1-c1ccc(-c2ccccc2)cc1. The van der Waals surface area contributed by atoms with E-state index in [1.807, 2.05) is 12.1 Å². The van der Waals surface area contributed by atoms with Gasteiger partial charge in [0.15, 0.2) is 0 Å². The summed E-state index contributed by atoms with van der Waals surface area (Å²) in [5.74, 6) is 0. The van der Waals surface area contributed by atoms with Gasteiger partial charge in [-0.2, -0.15) is 0 Å². The molecule has 0 aliphatic carbocycles. The number of benzene rings is 20. The second-order valence-corrected chi connectivity index (χ2v) is 31.8. The first-order chi connectivity index (χ1) is 63.1. The molecular formula is C124H100N4. The average molecular weight is 1650 g/mol. The molecule has 0 aliphatic rings. The van der Waals surface area contributed by atoms with E-state index in [1.165, 1.54) is 162 Å². The van der Waals surface area contributed by atoms with Gasteiger partial charge in [0.25, 0.3) is 0 Å². The van der Waals surface area contributed by atoms with Gasteiger partial charge in [0.05, 0.1) is 0 Å². The molecule has 0 aromatic heterocycles. The van der Waals surface area contributed by atoms with Crippen molar-refractivity contribution >= 4 is 45.5 Å². The fourth-order valence-corrected chi connectivity index (χ4v) is 16.4. The van der Waals surface area contributed by atoms with E-state index in [2.05, 4.69) is 569 Å². The maximum atomic E-state index is 2.27. The lowest BCUT2D eigenvalue weighted by Crippen LogP contribution is -2.10. The van der Waals surface area contributed by atoms with Crippen LogP contribution < -0.4 is 19.6 Å². The number of nitrogens with zero attached hydrogens (tertiary/aromatic N) is 4. The smallest absolute Gasteiger partial charge is 0.0487 e. The van der Waals surface area contributed by atoms with E-state index in [9.17, 15) is 0 Å². The van der Waals surface area contributed by atoms with E-state index in [1.54, 1.807) is 0 Å². The maximum Gasteiger partial charge on any atom is 0.0487 e. The molecule has 20 aromatic rings. The van der Waals surface area contributed by atoms with Gasteiger partial charge in [0, 0.05) is 79.3 Å². The standard InChI is InChI=1S/4C31H25N/c1-32(30-20-18-26(19-21-30)24-10-4-2-5-11-24)31-17-9-16-29(23-31)28-15-8-14-27(22-28)25-12-6-3-7-13-25;1-32(28-21-19-25(20-22-28)24-11-4-2-5-12-24)29-16-10-15-27(23-29)31-18-9-8-17-30(31)26-13-6-3-7-14-26;1-32(29-22-20-27(21-23-29)25-12-6-3-7-13-25)31-15-9-8-14-30(31)28-18-16-26(17-19-28)24-10-4-2-5-11-24;1-32(30-21-19-27(20-22-30)25-11-6-3-7-12-25)31-14-8-13-29(23-31)28-17-15-26(16-18-28)24-9-4-2-5-10-24/h4*2-23H,1H3. The second kappa shape index (κ2) is 41.2. The molecular weight excluding hydrogens is 1550 g/mol. The molecule has 0 unspecified atom stereocenters. The molecule has 128 heavy (non-hydrogen) atoms. The van der Waals surface area contributed by atoms with Gasteiger partial charge in [-0.1, -0.05) is 437 Å². The topological polar surface area (TPSA) is 13.0 Å². The van der Waals surface area contributed by atoms with Gasteiger partial charge in [0.1, 0.15) is 0 Å². The summed E-state index contributed by atoms with van der Waals surface area (Å²) in [7, 11) is 8.50. The van der Waals surface area contributed by atoms with Gasteiger partial charge >= 0.3 is 0 Å². The van der Waals surface area contributed by atoms with Crippen molar-refractivity contribution in [2.24, 2.45) is 0 Å². The number of hydrogen-bond acceptors (Lipinski definition) is 4. The summed E-state index contributed by atoms with van der Waals surface area (Å²) in [6, 6.07) is 189. The van der Waals surface area contributed by atoms with Gasteiger partial charge in [0.2, 0.25) is 0 Å². The van der Waals surface area contributed by atoms with Crippen LogP contribution in [0.4, 0.5) is 45.5 Å². The highest BCUT2D eigenvalue weighted by Gasteiger charge is 2.17. The molecule has 20 aromatic carbocycles. The van der Waals surface area contributed by atoms with Gasteiger partial charge in [-0.3, -0.25) is 0 Å². The van der Waals surface area contributed by atoms with Crippen LogP contribution in [0.25, 0.3) is 134 Å². The monoisotopic (exact) mass is 1640 g/mol. The third-order valence-corrected chi connectivity index (χ3v) is 23.7. The summed E-state index contributed by atoms with van der Waals surface area (Å²) in [6.07, 6.45) is 0. The molecule has 0 saturated heterocycles. The number of rotatable bonds is 20. The summed E-state index contributed by atoms with van der Waals surface area (Å²) in [5, 5.41) is 0. The van der Waals surface area contributed by atoms with Crippen LogP contribution in [0.3, 0.4) is 0 Å². The Kier molecular flexibility index (Phi) is 27.0. The highest BCUT2D eigenvalue weighted by molar-refractivity contribution is 5.88. The van der Waals surface area contributed by atoms with Gasteiger partial charge in [-0.05, 0) is 225 Å². The van der Waals surface area contributed by atoms with Crippen LogP contribution in [0.1, 0.15) is 0 Å². The molecule has 20 rings (SSSR count). The van der Waals surface area contributed by atoms with Crippen molar-refractivity contribution in [3.8, 4) is 134 Å². The Balaban J connectivity index is 0.000000120. The predicted octanol–water partition coefficient (Wildman–Crippen LogP) is 33.8. The van der Waals surface area contributed by atoms with E-state index in [4.69, 9.17) is 0 Å². The van der Waals surface area contributed by atoms with Gasteiger partial charge in [-0.25, -0.2) is 0 Å². The first kappa shape index (κ1) is 83.8. The summed E-state index contributed by atoms with van der Waals surface area (Å²) >= 11 is 0. The molecule has 4 nitrogen and oxygen atoms in total. The molecule has 616 valence electrons. The third-order valence-electron chi connectivity index (χ3n) is 23.7. The normalized spacial score (nSPS) is 10.7. The molecule has 0 bridgehead atoms. The lowest BCUT2D eigenvalue weighted by Gasteiger charge is -2.23. The Labute approximate surface area is 755 Å². The Morgan fingerprint density at radius 2 is 0.273 bits per heavy atom. The molecule has 0 heterocycles. The Bertz CT molecular complexity index is 6880. The molecule has 0 spiro atoms. The van der Waals surface area contributed by atoms with Crippen molar-refractivity contribution in [3.05, 3.63) is 534 Å². The molecule has 0 atom stereocenters. The van der Waals surface area contributed by atoms with Crippen LogP contribution >= 0.6 is 0 Å². The van der Waals surface area contributed by atoms with Crippen molar-refractivity contribution in [3.63, 3.8) is 0 Å². The van der Waals surface area contributed by atoms with Crippen molar-refractivity contribution in [1.82, 2.24) is 0 Å². The lowest BCUT2D eigenvalue weighted by molar-refractivity contribution is 1.21. The first-order valence-corrected chi connectivity index (χ1v) is 43.7. The van der Waals surface area contributed by atoms with Crippen LogP contribution in [0.2, 0.25) is 0 Å². The number of anilines is 8. The molecule has 0 radical (unpaired) electrons. The van der Waals surface area contributed by atoms with Crippen molar-refractivity contribution in [2.45, 2.75) is 0 Å². The Hall–Kier alpha value is -16.4. The number of para-hydroxylation sites is 1. The van der Waals surface area contributed by atoms with Crippen LogP contribution in [-0.2, 0) is 0 Å². The average Bonchev–Trinajstić information content (AvgIpc) is 0.780.